The van der Waals surface area contributed by atoms with Crippen LogP contribution in [0.3, 0.4) is 0 Å². The summed E-state index contributed by atoms with van der Waals surface area (Å²) in [6, 6.07) is 12.0. The van der Waals surface area contributed by atoms with Gasteiger partial charge in [-0.2, -0.15) is 0 Å². The summed E-state index contributed by atoms with van der Waals surface area (Å²) in [7, 11) is 0. The number of halogens is 2. The van der Waals surface area contributed by atoms with Crippen molar-refractivity contribution in [2.75, 3.05) is 11.6 Å². The van der Waals surface area contributed by atoms with Crippen LogP contribution in [0.2, 0.25) is 10.0 Å². The van der Waals surface area contributed by atoms with Crippen LogP contribution in [0.5, 0.6) is 5.75 Å². The topological polar surface area (TPSA) is 58.6 Å². The van der Waals surface area contributed by atoms with Crippen molar-refractivity contribution in [3.8, 4) is 5.75 Å². The lowest BCUT2D eigenvalue weighted by atomic mass is 10.1. The molecule has 0 unspecified atom stereocenters. The van der Waals surface area contributed by atoms with E-state index in [1.54, 1.807) is 42.5 Å². The summed E-state index contributed by atoms with van der Waals surface area (Å²) in [6.07, 6.45) is 3.01. The smallest absolute Gasteiger partial charge is 0.282 e. The third kappa shape index (κ3) is 3.59. The molecule has 1 aliphatic heterocycles. The van der Waals surface area contributed by atoms with Crippen LogP contribution >= 0.6 is 23.2 Å². The molecule has 3 rings (SSSR count). The minimum absolute atomic E-state index is 0.0132. The Morgan fingerprint density at radius 2 is 1.77 bits per heavy atom. The molecular formula is C19H14Cl2N2O3. The SMILES string of the molecule is C=CCOc1c(Cl)cc(C=C2C(=O)NN(c3ccccc3)C2=O)cc1Cl. The molecule has 1 heterocycles. The van der Waals surface area contributed by atoms with Crippen LogP contribution < -0.4 is 15.2 Å². The molecule has 0 spiro atoms. The number of anilines is 1. The number of carbonyl (C=O) groups is 2. The lowest BCUT2D eigenvalue weighted by Crippen LogP contribution is -2.35. The van der Waals surface area contributed by atoms with E-state index >= 15 is 0 Å². The minimum atomic E-state index is -0.502. The third-order valence-electron chi connectivity index (χ3n) is 3.58. The Hall–Kier alpha value is -2.76. The van der Waals surface area contributed by atoms with E-state index in [9.17, 15) is 9.59 Å². The van der Waals surface area contributed by atoms with Gasteiger partial charge in [0.2, 0.25) is 0 Å². The molecule has 26 heavy (non-hydrogen) atoms. The lowest BCUT2D eigenvalue weighted by Gasteiger charge is -2.13. The second-order valence-corrected chi connectivity index (χ2v) is 6.20. The first-order valence-electron chi connectivity index (χ1n) is 7.66. The Kier molecular flexibility index (Phi) is 5.30. The second-order valence-electron chi connectivity index (χ2n) is 5.39. The average Bonchev–Trinajstić information content (AvgIpc) is 2.90. The van der Waals surface area contributed by atoms with Crippen LogP contribution in [0, 0.1) is 0 Å². The second kappa shape index (κ2) is 7.64. The van der Waals surface area contributed by atoms with Gasteiger partial charge in [-0.15, -0.1) is 0 Å². The average molecular weight is 389 g/mol. The number of carbonyl (C=O) groups excluding carboxylic acids is 2. The Labute approximate surface area is 160 Å². The first kappa shape index (κ1) is 18.0. The van der Waals surface area contributed by atoms with E-state index in [1.165, 1.54) is 11.1 Å². The summed E-state index contributed by atoms with van der Waals surface area (Å²) in [5.41, 5.74) is 3.60. The Morgan fingerprint density at radius 1 is 1.12 bits per heavy atom. The molecule has 1 saturated heterocycles. The molecule has 1 fully saturated rings. The number of benzene rings is 2. The molecule has 0 bridgehead atoms. The molecule has 7 heteroatoms. The maximum Gasteiger partial charge on any atom is 0.282 e. The van der Waals surface area contributed by atoms with Crippen molar-refractivity contribution in [2.24, 2.45) is 0 Å². The molecule has 0 atom stereocenters. The molecule has 0 radical (unpaired) electrons. The summed E-state index contributed by atoms with van der Waals surface area (Å²) in [5.74, 6) is -0.637. The zero-order chi connectivity index (χ0) is 18.7. The van der Waals surface area contributed by atoms with Gasteiger partial charge in [0.05, 0.1) is 15.7 Å². The van der Waals surface area contributed by atoms with E-state index in [0.29, 0.717) is 17.0 Å². The zero-order valence-corrected chi connectivity index (χ0v) is 15.1. The van der Waals surface area contributed by atoms with Gasteiger partial charge in [-0.1, -0.05) is 54.1 Å². The van der Waals surface area contributed by atoms with Gasteiger partial charge in [-0.05, 0) is 35.9 Å². The van der Waals surface area contributed by atoms with Gasteiger partial charge in [-0.3, -0.25) is 15.0 Å². The highest BCUT2D eigenvalue weighted by atomic mass is 35.5. The van der Waals surface area contributed by atoms with Crippen molar-refractivity contribution >= 4 is 46.8 Å². The van der Waals surface area contributed by atoms with Crippen molar-refractivity contribution in [3.63, 3.8) is 0 Å². The highest BCUT2D eigenvalue weighted by Crippen LogP contribution is 2.35. The summed E-state index contributed by atoms with van der Waals surface area (Å²) in [6.45, 7) is 3.82. The number of hydrazine groups is 1. The maximum absolute atomic E-state index is 12.6. The molecule has 2 aromatic rings. The predicted molar refractivity (Wildman–Crippen MR) is 102 cm³/mol. The highest BCUT2D eigenvalue weighted by molar-refractivity contribution is 6.37. The van der Waals surface area contributed by atoms with Crippen molar-refractivity contribution in [1.82, 2.24) is 5.43 Å². The Balaban J connectivity index is 1.91. The fraction of sp³-hybridized carbons (Fsp3) is 0.0526. The van der Waals surface area contributed by atoms with Gasteiger partial charge in [0, 0.05) is 0 Å². The van der Waals surface area contributed by atoms with Gasteiger partial charge >= 0.3 is 0 Å². The summed E-state index contributed by atoms with van der Waals surface area (Å²) in [4.78, 5) is 24.8. The number of nitrogens with one attached hydrogen (secondary N) is 1. The van der Waals surface area contributed by atoms with E-state index < -0.39 is 11.8 Å². The van der Waals surface area contributed by atoms with Crippen LogP contribution in [-0.4, -0.2) is 18.4 Å². The van der Waals surface area contributed by atoms with Gasteiger partial charge in [-0.25, -0.2) is 5.01 Å². The number of amides is 2. The lowest BCUT2D eigenvalue weighted by molar-refractivity contribution is -0.117. The molecule has 0 aliphatic carbocycles. The predicted octanol–water partition coefficient (Wildman–Crippen LogP) is 4.02. The van der Waals surface area contributed by atoms with Gasteiger partial charge in [0.25, 0.3) is 11.8 Å². The monoisotopic (exact) mass is 388 g/mol. The van der Waals surface area contributed by atoms with Crippen LogP contribution in [-0.2, 0) is 9.59 Å². The Morgan fingerprint density at radius 3 is 2.38 bits per heavy atom. The van der Waals surface area contributed by atoms with Gasteiger partial charge in [0.1, 0.15) is 12.2 Å². The first-order chi connectivity index (χ1) is 12.5. The van der Waals surface area contributed by atoms with E-state index in [2.05, 4.69) is 12.0 Å². The van der Waals surface area contributed by atoms with Crippen molar-refractivity contribution in [2.45, 2.75) is 0 Å². The quantitative estimate of drug-likeness (QED) is 0.478. The van der Waals surface area contributed by atoms with Crippen molar-refractivity contribution < 1.29 is 14.3 Å². The van der Waals surface area contributed by atoms with E-state index in [4.69, 9.17) is 27.9 Å². The first-order valence-corrected chi connectivity index (χ1v) is 8.41. The van der Waals surface area contributed by atoms with Crippen LogP contribution in [0.4, 0.5) is 5.69 Å². The molecule has 2 amide bonds. The van der Waals surface area contributed by atoms with Crippen LogP contribution in [0.25, 0.3) is 6.08 Å². The largest absolute Gasteiger partial charge is 0.486 e. The summed E-state index contributed by atoms with van der Waals surface area (Å²) in [5, 5.41) is 1.74. The number of para-hydroxylation sites is 1. The Bertz CT molecular complexity index is 887. The van der Waals surface area contributed by atoms with Crippen molar-refractivity contribution in [3.05, 3.63) is 76.3 Å². The minimum Gasteiger partial charge on any atom is -0.486 e. The fourth-order valence-corrected chi connectivity index (χ4v) is 3.04. The summed E-state index contributed by atoms with van der Waals surface area (Å²) < 4.78 is 5.40. The summed E-state index contributed by atoms with van der Waals surface area (Å²) >= 11 is 12.4. The van der Waals surface area contributed by atoms with Gasteiger partial charge in [0.15, 0.2) is 5.75 Å². The molecule has 1 N–H and O–H groups in total. The van der Waals surface area contributed by atoms with E-state index in [-0.39, 0.29) is 22.2 Å². The normalized spacial score (nSPS) is 15.3. The van der Waals surface area contributed by atoms with Crippen molar-refractivity contribution in [1.29, 1.82) is 0 Å². The molecule has 0 aromatic heterocycles. The van der Waals surface area contributed by atoms with Crippen LogP contribution in [0.15, 0.2) is 60.7 Å². The molecule has 1 aliphatic rings. The third-order valence-corrected chi connectivity index (χ3v) is 4.14. The van der Waals surface area contributed by atoms with E-state index in [1.807, 2.05) is 6.07 Å². The highest BCUT2D eigenvalue weighted by Gasteiger charge is 2.34. The number of rotatable bonds is 5. The number of hydrogen-bond donors (Lipinski definition) is 1. The fourth-order valence-electron chi connectivity index (χ4n) is 2.43. The molecule has 2 aromatic carbocycles. The number of ether oxygens (including phenoxy) is 1. The number of nitrogens with zero attached hydrogens (tertiary/aromatic N) is 1. The molecule has 5 nitrogen and oxygen atoms in total. The zero-order valence-electron chi connectivity index (χ0n) is 13.5. The van der Waals surface area contributed by atoms with Crippen LogP contribution in [0.1, 0.15) is 5.56 Å². The standard InChI is InChI=1S/C19H14Cl2N2O3/c1-2-8-26-17-15(20)10-12(11-16(17)21)9-14-18(24)22-23(19(14)25)13-6-4-3-5-7-13/h2-7,9-11H,1,8H2,(H,22,24). The number of hydrogen-bond acceptors (Lipinski definition) is 3. The van der Waals surface area contributed by atoms with E-state index in [0.717, 1.165) is 0 Å². The molecular weight excluding hydrogens is 375 g/mol. The maximum atomic E-state index is 12.6. The van der Waals surface area contributed by atoms with Gasteiger partial charge < -0.3 is 4.74 Å². The molecule has 0 saturated carbocycles. The molecule has 132 valence electrons.